The predicted octanol–water partition coefficient (Wildman–Crippen LogP) is 3.93. The van der Waals surface area contributed by atoms with E-state index in [0.717, 1.165) is 32.7 Å². The van der Waals surface area contributed by atoms with Crippen LogP contribution in [0.15, 0.2) is 152 Å². The molecule has 8 aromatic rings. The van der Waals surface area contributed by atoms with Crippen LogP contribution < -0.4 is 76.9 Å². The van der Waals surface area contributed by atoms with Gasteiger partial charge in [-0.05, 0) is 169 Å². The second-order valence-corrected chi connectivity index (χ2v) is 26.8. The Morgan fingerprint density at radius 2 is 0.590 bits per heavy atom. The molecule has 8 rings (SSSR count). The van der Waals surface area contributed by atoms with Gasteiger partial charge in [0, 0.05) is 76.5 Å². The van der Waals surface area contributed by atoms with Crippen molar-refractivity contribution in [2.24, 2.45) is 34.4 Å². The van der Waals surface area contributed by atoms with Crippen molar-refractivity contribution in [2.75, 3.05) is 32.7 Å². The summed E-state index contributed by atoms with van der Waals surface area (Å²) in [5.74, 6) is -8.14. The number of para-hydroxylation sites is 3. The lowest BCUT2D eigenvalue weighted by Crippen LogP contribution is -2.61. The minimum absolute atomic E-state index is 0.0114. The Labute approximate surface area is 611 Å². The maximum atomic E-state index is 15.6. The molecule has 8 amide bonds. The van der Waals surface area contributed by atoms with E-state index in [1.165, 1.54) is 0 Å². The maximum Gasteiger partial charge on any atom is 0.326 e. The number of carboxylic acid groups (broad SMARTS) is 1. The van der Waals surface area contributed by atoms with Crippen LogP contribution in [0.4, 0.5) is 0 Å². The third-order valence-corrected chi connectivity index (χ3v) is 19.0. The first-order valence-corrected chi connectivity index (χ1v) is 36.6. The van der Waals surface area contributed by atoms with Gasteiger partial charge in [0.05, 0.1) is 6.04 Å². The van der Waals surface area contributed by atoms with Gasteiger partial charge in [0.15, 0.2) is 0 Å². The number of aromatic amines is 3. The van der Waals surface area contributed by atoms with Crippen LogP contribution in [0.1, 0.15) is 130 Å². The Balaban J connectivity index is 1.12. The molecule has 5 aromatic carbocycles. The number of hydrogen-bond donors (Lipinski definition) is 18. The van der Waals surface area contributed by atoms with Gasteiger partial charge in [-0.1, -0.05) is 122 Å². The number of nitrogens with two attached hydrogens (primary N) is 6. The first-order chi connectivity index (χ1) is 50.9. The molecule has 0 aliphatic carbocycles. The number of fused-ring (bicyclic) bond motifs is 3. The Morgan fingerprint density at radius 1 is 0.314 bits per heavy atom. The summed E-state index contributed by atoms with van der Waals surface area (Å²) in [6.07, 6.45) is 10.1. The van der Waals surface area contributed by atoms with Gasteiger partial charge in [0.1, 0.15) is 48.3 Å². The largest absolute Gasteiger partial charge is 0.480 e. The lowest BCUT2D eigenvalue weighted by molar-refractivity contribution is -0.142. The fraction of sp³-hybridized carbons (Fsp3) is 0.423. The van der Waals surface area contributed by atoms with Crippen LogP contribution in [0.25, 0.3) is 32.7 Å². The highest BCUT2D eigenvalue weighted by Crippen LogP contribution is 2.30. The van der Waals surface area contributed by atoms with Gasteiger partial charge >= 0.3 is 5.97 Å². The quantitative estimate of drug-likeness (QED) is 0.0240. The average Bonchev–Trinajstić information content (AvgIpc) is 1.82. The van der Waals surface area contributed by atoms with Crippen molar-refractivity contribution in [3.63, 3.8) is 0 Å². The number of amides is 8. The van der Waals surface area contributed by atoms with E-state index in [2.05, 4.69) is 57.5 Å². The molecule has 562 valence electrons. The number of unbranched alkanes of at least 4 members (excludes halogenated alkanes) is 5. The monoisotopic (exact) mass is 1440 g/mol. The van der Waals surface area contributed by atoms with E-state index in [0.29, 0.717) is 118 Å². The van der Waals surface area contributed by atoms with Crippen molar-refractivity contribution >= 4 is 85.9 Å². The van der Waals surface area contributed by atoms with E-state index in [1.54, 1.807) is 79.3 Å². The van der Waals surface area contributed by atoms with Crippen LogP contribution >= 0.6 is 0 Å². The molecule has 9 atom stereocenters. The number of rotatable bonds is 46. The molecule has 3 heterocycles. The topological polar surface area (TPSA) is 474 Å². The van der Waals surface area contributed by atoms with Crippen LogP contribution in [0.3, 0.4) is 0 Å². The zero-order valence-electron chi connectivity index (χ0n) is 59.6. The van der Waals surface area contributed by atoms with Gasteiger partial charge in [-0.15, -0.1) is 0 Å². The molecule has 0 bridgehead atoms. The molecule has 24 N–H and O–H groups in total. The van der Waals surface area contributed by atoms with Crippen molar-refractivity contribution in [1.82, 2.24) is 57.5 Å². The highest BCUT2D eigenvalue weighted by Gasteiger charge is 2.39. The molecule has 3 aromatic heterocycles. The number of benzene rings is 5. The first kappa shape index (κ1) is 80.4. The van der Waals surface area contributed by atoms with Gasteiger partial charge in [-0.2, -0.15) is 0 Å². The fourth-order valence-corrected chi connectivity index (χ4v) is 13.2. The summed E-state index contributed by atoms with van der Waals surface area (Å²) in [7, 11) is 0. The second kappa shape index (κ2) is 41.9. The number of aliphatic carboxylic acids is 1. The Morgan fingerprint density at radius 3 is 0.933 bits per heavy atom. The van der Waals surface area contributed by atoms with E-state index in [4.69, 9.17) is 34.4 Å². The number of hydrogen-bond acceptors (Lipinski definition) is 15. The van der Waals surface area contributed by atoms with Crippen LogP contribution in [-0.2, 0) is 62.4 Å². The Bertz CT molecular complexity index is 4070. The molecule has 0 aliphatic rings. The SMILES string of the molecule is NCCCC[C@H](NC(=O)[C@@H](NC(=O)[C@H](Cc1c[nH]c2ccccc12)NC(=O)[C@H](CCCCN)NC(=O)[C@H](CCCCN)NC(=O)[C@H](Cc1c[nH]c2ccccc12)NC(=O)[C@H](Cc1c[nH]c2ccccc12)NC(=O)[C@H](CCCCN)NC(=O)[C@@H](N)CCCCN)C(c1ccccc1)c1ccccc1)C(=O)O. The van der Waals surface area contributed by atoms with Crippen molar-refractivity contribution in [3.8, 4) is 0 Å². The van der Waals surface area contributed by atoms with E-state index in [1.807, 2.05) is 72.8 Å². The fourth-order valence-electron chi connectivity index (χ4n) is 13.2. The van der Waals surface area contributed by atoms with E-state index in [9.17, 15) is 19.5 Å². The van der Waals surface area contributed by atoms with Gasteiger partial charge in [-0.3, -0.25) is 38.4 Å². The normalized spacial score (nSPS) is 14.0. The molecule has 0 aliphatic heterocycles. The number of carbonyl (C=O) groups is 9. The number of H-pyrrole nitrogens is 3. The Kier molecular flexibility index (Phi) is 32.1. The Hall–Kier alpha value is -10.3. The number of nitrogens with one attached hydrogen (secondary N) is 11. The van der Waals surface area contributed by atoms with E-state index < -0.39 is 114 Å². The van der Waals surface area contributed by atoms with Gasteiger partial charge in [0.2, 0.25) is 47.3 Å². The molecular formula is C78H105N17O10. The second-order valence-electron chi connectivity index (χ2n) is 26.8. The molecule has 0 unspecified atom stereocenters. The summed E-state index contributed by atoms with van der Waals surface area (Å²) in [5.41, 5.74) is 41.1. The zero-order valence-corrected chi connectivity index (χ0v) is 59.6. The first-order valence-electron chi connectivity index (χ1n) is 36.6. The van der Waals surface area contributed by atoms with Gasteiger partial charge in [-0.25, -0.2) is 4.79 Å². The number of carbonyl (C=O) groups excluding carboxylic acids is 8. The van der Waals surface area contributed by atoms with Crippen molar-refractivity contribution in [2.45, 2.75) is 176 Å². The molecule has 0 saturated carbocycles. The van der Waals surface area contributed by atoms with Crippen LogP contribution in [0.2, 0.25) is 0 Å². The maximum absolute atomic E-state index is 15.6. The molecular weight excluding hydrogens is 1330 g/mol. The third kappa shape index (κ3) is 23.6. The van der Waals surface area contributed by atoms with Crippen molar-refractivity contribution < 1.29 is 48.3 Å². The zero-order chi connectivity index (χ0) is 75.0. The highest BCUT2D eigenvalue weighted by atomic mass is 16.4. The van der Waals surface area contributed by atoms with Crippen LogP contribution in [0, 0.1) is 0 Å². The average molecular weight is 1440 g/mol. The van der Waals surface area contributed by atoms with Gasteiger partial charge in [0.25, 0.3) is 0 Å². The minimum atomic E-state index is -1.47. The van der Waals surface area contributed by atoms with E-state index in [-0.39, 0.29) is 58.0 Å². The summed E-state index contributed by atoms with van der Waals surface area (Å²) >= 11 is 0. The van der Waals surface area contributed by atoms with Crippen LogP contribution in [0.5, 0.6) is 0 Å². The molecule has 0 saturated heterocycles. The molecule has 27 heteroatoms. The summed E-state index contributed by atoms with van der Waals surface area (Å²) in [4.78, 5) is 143. The highest BCUT2D eigenvalue weighted by molar-refractivity contribution is 6.00. The van der Waals surface area contributed by atoms with E-state index >= 15 is 28.8 Å². The molecule has 105 heavy (non-hydrogen) atoms. The lowest BCUT2D eigenvalue weighted by Gasteiger charge is -2.31. The summed E-state index contributed by atoms with van der Waals surface area (Å²) < 4.78 is 0. The number of aromatic nitrogens is 3. The number of carboxylic acids is 1. The van der Waals surface area contributed by atoms with Crippen molar-refractivity contribution in [3.05, 3.63) is 180 Å². The third-order valence-electron chi connectivity index (χ3n) is 19.0. The standard InChI is InChI=1S/C78H105N17O10/c79-38-18-13-30-57(84)70(96)88-61(34-14-19-39-80)72(98)92-66(44-52-47-86-59-32-11-8-28-55(52)59)75(101)94-65(43-51-46-85-58-31-10-7-27-54(51)58)74(100)90-62(35-15-20-40-81)71(97)89-63(36-16-21-41-82)73(99)93-67(45-53-48-87-60-33-12-9-29-56(53)60)76(102)95-69(77(103)91-64(78(104)105)37-17-22-42-83)68(49-23-3-1-4-24-49)50-25-5-2-6-26-50/h1-12,23-29,31-33,46-48,57,61-69,85-87H,13-22,30,34-45,79-84H2,(H,88,96)(H,89,97)(H,90,100)(H,91,103)(H,92,98)(H,93,99)(H,94,101)(H,95,102)(H,104,105)/t57-,61-,62-,63-,64-,65-,66-,67-,69-/m0/s1. The summed E-state index contributed by atoms with van der Waals surface area (Å²) in [6, 6.07) is 28.3. The van der Waals surface area contributed by atoms with Crippen molar-refractivity contribution in [1.29, 1.82) is 0 Å². The summed E-state index contributed by atoms with van der Waals surface area (Å²) in [6.45, 7) is 1.53. The molecule has 0 spiro atoms. The van der Waals surface area contributed by atoms with Crippen LogP contribution in [-0.4, -0.2) is 160 Å². The molecule has 0 fully saturated rings. The lowest BCUT2D eigenvalue weighted by atomic mass is 9.84. The predicted molar refractivity (Wildman–Crippen MR) is 406 cm³/mol. The van der Waals surface area contributed by atoms with Gasteiger partial charge < -0.3 is 97.0 Å². The minimum Gasteiger partial charge on any atom is -0.480 e. The summed E-state index contributed by atoms with van der Waals surface area (Å²) in [5, 5.41) is 35.8. The molecule has 0 radical (unpaired) electrons. The molecule has 27 nitrogen and oxygen atoms in total. The smallest absolute Gasteiger partial charge is 0.326 e.